The highest BCUT2D eigenvalue weighted by Gasteiger charge is 2.07. The van der Waals surface area contributed by atoms with Gasteiger partial charge in [-0.15, -0.1) is 0 Å². The molecule has 2 aromatic carbocycles. The summed E-state index contributed by atoms with van der Waals surface area (Å²) in [4.78, 5) is 15.3. The Morgan fingerprint density at radius 1 is 1.22 bits per heavy atom. The molecule has 4 nitrogen and oxygen atoms in total. The van der Waals surface area contributed by atoms with Crippen LogP contribution in [0.25, 0.3) is 10.9 Å². The van der Waals surface area contributed by atoms with Gasteiger partial charge in [0.05, 0.1) is 7.11 Å². The lowest BCUT2D eigenvalue weighted by molar-refractivity contribution is 0.0954. The Morgan fingerprint density at radius 3 is 2.74 bits per heavy atom. The number of H-pyrrole nitrogens is 1. The Kier molecular flexibility index (Phi) is 4.53. The number of amides is 1. The highest BCUT2D eigenvalue weighted by Crippen LogP contribution is 2.22. The predicted molar refractivity (Wildman–Crippen MR) is 92.3 cm³/mol. The first-order valence-electron chi connectivity index (χ1n) is 7.35. The van der Waals surface area contributed by atoms with E-state index in [9.17, 15) is 4.79 Å². The number of ether oxygens (including phenoxy) is 1. The molecule has 1 aromatic heterocycles. The molecule has 0 radical (unpaired) electrons. The molecular weight excluding hydrogens is 312 g/mol. The third-order valence-corrected chi connectivity index (χ3v) is 4.00. The van der Waals surface area contributed by atoms with Gasteiger partial charge in [0.1, 0.15) is 5.75 Å². The van der Waals surface area contributed by atoms with Crippen molar-refractivity contribution in [2.75, 3.05) is 13.7 Å². The fraction of sp³-hybridized carbons (Fsp3) is 0.167. The Bertz CT molecular complexity index is 825. The number of aromatic nitrogens is 1. The summed E-state index contributed by atoms with van der Waals surface area (Å²) in [5.74, 6) is 0.648. The van der Waals surface area contributed by atoms with Gasteiger partial charge in [-0.05, 0) is 48.4 Å². The molecule has 2 N–H and O–H groups in total. The van der Waals surface area contributed by atoms with E-state index in [0.29, 0.717) is 17.1 Å². The summed E-state index contributed by atoms with van der Waals surface area (Å²) in [6.45, 7) is 0.570. The molecule has 5 heteroatoms. The lowest BCUT2D eigenvalue weighted by Crippen LogP contribution is -2.25. The van der Waals surface area contributed by atoms with Crippen LogP contribution in [0.2, 0.25) is 5.02 Å². The SMILES string of the molecule is COc1ccc(C(=O)NCCc2c[nH]c3cc(Cl)ccc23)cc1. The van der Waals surface area contributed by atoms with E-state index in [-0.39, 0.29) is 5.91 Å². The summed E-state index contributed by atoms with van der Waals surface area (Å²) in [7, 11) is 1.60. The van der Waals surface area contributed by atoms with Gasteiger partial charge >= 0.3 is 0 Å². The molecule has 0 aliphatic heterocycles. The third kappa shape index (κ3) is 3.48. The number of carbonyl (C=O) groups is 1. The quantitative estimate of drug-likeness (QED) is 0.748. The van der Waals surface area contributed by atoms with Crippen LogP contribution < -0.4 is 10.1 Å². The number of hydrogen-bond donors (Lipinski definition) is 2. The summed E-state index contributed by atoms with van der Waals surface area (Å²) in [5, 5.41) is 4.77. The van der Waals surface area contributed by atoms with Crippen LogP contribution >= 0.6 is 11.6 Å². The van der Waals surface area contributed by atoms with Gasteiger partial charge in [0.2, 0.25) is 0 Å². The highest BCUT2D eigenvalue weighted by molar-refractivity contribution is 6.31. The largest absolute Gasteiger partial charge is 0.497 e. The Balaban J connectivity index is 1.60. The summed E-state index contributed by atoms with van der Waals surface area (Å²) >= 11 is 5.98. The smallest absolute Gasteiger partial charge is 0.251 e. The molecule has 0 unspecified atom stereocenters. The molecule has 1 amide bonds. The number of methoxy groups -OCH3 is 1. The first-order valence-corrected chi connectivity index (χ1v) is 7.73. The van der Waals surface area contributed by atoms with Crippen molar-refractivity contribution < 1.29 is 9.53 Å². The van der Waals surface area contributed by atoms with Crippen LogP contribution in [0.5, 0.6) is 5.75 Å². The molecule has 0 saturated carbocycles. The van der Waals surface area contributed by atoms with Crippen LogP contribution in [0.4, 0.5) is 0 Å². The monoisotopic (exact) mass is 328 g/mol. The molecule has 118 valence electrons. The van der Waals surface area contributed by atoms with Crippen LogP contribution in [0, 0.1) is 0 Å². The van der Waals surface area contributed by atoms with Crippen LogP contribution in [-0.2, 0) is 6.42 Å². The number of fused-ring (bicyclic) bond motifs is 1. The number of halogens is 1. The lowest BCUT2D eigenvalue weighted by atomic mass is 10.1. The van der Waals surface area contributed by atoms with Gasteiger partial charge in [-0.25, -0.2) is 0 Å². The van der Waals surface area contributed by atoms with E-state index in [2.05, 4.69) is 10.3 Å². The fourth-order valence-electron chi connectivity index (χ4n) is 2.52. The number of nitrogens with one attached hydrogen (secondary N) is 2. The maximum atomic E-state index is 12.1. The van der Waals surface area contributed by atoms with Crippen molar-refractivity contribution in [1.82, 2.24) is 10.3 Å². The average molecular weight is 329 g/mol. The Labute approximate surface area is 139 Å². The molecule has 0 aliphatic rings. The van der Waals surface area contributed by atoms with E-state index in [1.807, 2.05) is 24.4 Å². The van der Waals surface area contributed by atoms with E-state index in [1.54, 1.807) is 31.4 Å². The second-order valence-corrected chi connectivity index (χ2v) is 5.67. The van der Waals surface area contributed by atoms with Crippen molar-refractivity contribution in [3.8, 4) is 5.75 Å². The molecule has 0 fully saturated rings. The Hall–Kier alpha value is -2.46. The maximum Gasteiger partial charge on any atom is 0.251 e. The zero-order chi connectivity index (χ0) is 16.2. The topological polar surface area (TPSA) is 54.1 Å². The van der Waals surface area contributed by atoms with Crippen LogP contribution in [-0.4, -0.2) is 24.5 Å². The first kappa shape index (κ1) is 15.4. The third-order valence-electron chi connectivity index (χ3n) is 3.76. The molecule has 0 saturated heterocycles. The van der Waals surface area contributed by atoms with Crippen molar-refractivity contribution in [2.45, 2.75) is 6.42 Å². The minimum absolute atomic E-state index is 0.0875. The normalized spacial score (nSPS) is 10.7. The van der Waals surface area contributed by atoms with Crippen molar-refractivity contribution >= 4 is 28.4 Å². The van der Waals surface area contributed by atoms with Crippen LogP contribution in [0.15, 0.2) is 48.7 Å². The second kappa shape index (κ2) is 6.75. The molecule has 23 heavy (non-hydrogen) atoms. The first-order chi connectivity index (χ1) is 11.2. The van der Waals surface area contributed by atoms with Gasteiger partial charge in [-0.3, -0.25) is 4.79 Å². The average Bonchev–Trinajstić information content (AvgIpc) is 2.97. The molecule has 0 atom stereocenters. The van der Waals surface area contributed by atoms with E-state index >= 15 is 0 Å². The standard InChI is InChI=1S/C18H17ClN2O2/c1-23-15-5-2-12(3-6-15)18(22)20-9-8-13-11-21-17-10-14(19)4-7-16(13)17/h2-7,10-11,21H,8-9H2,1H3,(H,20,22). The van der Waals surface area contributed by atoms with Gasteiger partial charge in [0.15, 0.2) is 0 Å². The van der Waals surface area contributed by atoms with Crippen molar-refractivity contribution in [1.29, 1.82) is 0 Å². The number of benzene rings is 2. The highest BCUT2D eigenvalue weighted by atomic mass is 35.5. The van der Waals surface area contributed by atoms with Crippen LogP contribution in [0.3, 0.4) is 0 Å². The summed E-state index contributed by atoms with van der Waals surface area (Å²) < 4.78 is 5.08. The van der Waals surface area contributed by atoms with E-state index < -0.39 is 0 Å². The minimum Gasteiger partial charge on any atom is -0.497 e. The van der Waals surface area contributed by atoms with Gasteiger partial charge in [0, 0.05) is 34.2 Å². The minimum atomic E-state index is -0.0875. The summed E-state index contributed by atoms with van der Waals surface area (Å²) in [5.41, 5.74) is 2.79. The second-order valence-electron chi connectivity index (χ2n) is 5.24. The molecular formula is C18H17ClN2O2. The summed E-state index contributed by atoms with van der Waals surface area (Å²) in [6.07, 6.45) is 2.71. The maximum absolute atomic E-state index is 12.1. The van der Waals surface area contributed by atoms with Crippen molar-refractivity contribution in [3.63, 3.8) is 0 Å². The van der Waals surface area contributed by atoms with Gasteiger partial charge in [-0.2, -0.15) is 0 Å². The van der Waals surface area contributed by atoms with Gasteiger partial charge < -0.3 is 15.0 Å². The summed E-state index contributed by atoms with van der Waals surface area (Å²) in [6, 6.07) is 12.8. The zero-order valence-corrected chi connectivity index (χ0v) is 13.5. The molecule has 0 bridgehead atoms. The molecule has 0 aliphatic carbocycles. The molecule has 0 spiro atoms. The molecule has 1 heterocycles. The zero-order valence-electron chi connectivity index (χ0n) is 12.7. The lowest BCUT2D eigenvalue weighted by Gasteiger charge is -2.06. The fourth-order valence-corrected chi connectivity index (χ4v) is 2.69. The predicted octanol–water partition coefficient (Wildman–Crippen LogP) is 3.80. The number of rotatable bonds is 5. The molecule has 3 rings (SSSR count). The van der Waals surface area contributed by atoms with Gasteiger partial charge in [-0.1, -0.05) is 17.7 Å². The Morgan fingerprint density at radius 2 is 2.00 bits per heavy atom. The van der Waals surface area contributed by atoms with E-state index in [1.165, 1.54) is 0 Å². The van der Waals surface area contributed by atoms with Crippen LogP contribution in [0.1, 0.15) is 15.9 Å². The van der Waals surface area contributed by atoms with Crippen molar-refractivity contribution in [3.05, 3.63) is 64.8 Å². The number of carbonyl (C=O) groups excluding carboxylic acids is 1. The van der Waals surface area contributed by atoms with E-state index in [0.717, 1.165) is 28.6 Å². The molecule has 3 aromatic rings. The van der Waals surface area contributed by atoms with Gasteiger partial charge in [0.25, 0.3) is 5.91 Å². The van der Waals surface area contributed by atoms with Crippen molar-refractivity contribution in [2.24, 2.45) is 0 Å². The van der Waals surface area contributed by atoms with E-state index in [4.69, 9.17) is 16.3 Å². The number of hydrogen-bond acceptors (Lipinski definition) is 2. The number of aromatic amines is 1.